The van der Waals surface area contributed by atoms with Gasteiger partial charge in [-0.2, -0.15) is 0 Å². The monoisotopic (exact) mass is 751 g/mol. The second-order valence-corrected chi connectivity index (χ2v) is 13.2. The van der Waals surface area contributed by atoms with Crippen molar-refractivity contribution >= 4 is 52.1 Å². The first-order chi connectivity index (χ1) is 25.9. The Morgan fingerprint density at radius 3 is 2.17 bits per heavy atom. The Bertz CT molecular complexity index is 1880. The highest BCUT2D eigenvalue weighted by Crippen LogP contribution is 2.41. The van der Waals surface area contributed by atoms with Crippen molar-refractivity contribution < 1.29 is 38.2 Å². The molecule has 5 rings (SSSR count). The van der Waals surface area contributed by atoms with Gasteiger partial charge in [0.05, 0.1) is 17.7 Å². The number of aromatic nitrogens is 1. The van der Waals surface area contributed by atoms with Crippen molar-refractivity contribution in [2.24, 2.45) is 11.1 Å². The van der Waals surface area contributed by atoms with E-state index in [4.69, 9.17) is 10.5 Å². The number of nitrogens with two attached hydrogens (primary N) is 1. The van der Waals surface area contributed by atoms with Crippen LogP contribution in [-0.2, 0) is 32.3 Å². The number of aryl methyl sites for hydroxylation is 1. The minimum atomic E-state index is -1.38. The Balaban J connectivity index is 0.00000122. The predicted molar refractivity (Wildman–Crippen MR) is 202 cm³/mol. The molecular formula is C38H50FN7O8. The summed E-state index contributed by atoms with van der Waals surface area (Å²) in [5.74, 6) is -3.26. The summed E-state index contributed by atoms with van der Waals surface area (Å²) in [5, 5.41) is 17.3. The van der Waals surface area contributed by atoms with Gasteiger partial charge < -0.3 is 45.9 Å². The van der Waals surface area contributed by atoms with Crippen molar-refractivity contribution in [3.63, 3.8) is 0 Å². The molecule has 0 unspecified atom stereocenters. The van der Waals surface area contributed by atoms with Crippen LogP contribution in [0.15, 0.2) is 47.4 Å². The smallest absolute Gasteiger partial charge is 0.410 e. The lowest BCUT2D eigenvalue weighted by Crippen LogP contribution is -2.56. The van der Waals surface area contributed by atoms with Crippen molar-refractivity contribution in [1.82, 2.24) is 20.1 Å². The van der Waals surface area contributed by atoms with Crippen LogP contribution in [0.3, 0.4) is 0 Å². The third kappa shape index (κ3) is 9.72. The molecule has 3 aromatic rings. The summed E-state index contributed by atoms with van der Waals surface area (Å²) in [5.41, 5.74) is 4.68. The first kappa shape index (κ1) is 41.2. The Hall–Kier alpha value is -5.51. The molecule has 2 aromatic carbocycles. The van der Waals surface area contributed by atoms with Gasteiger partial charge in [-0.1, -0.05) is 31.9 Å². The predicted octanol–water partition coefficient (Wildman–Crippen LogP) is 3.42. The van der Waals surface area contributed by atoms with Crippen LogP contribution in [0.4, 0.5) is 20.6 Å². The number of pyridine rings is 1. The highest BCUT2D eigenvalue weighted by atomic mass is 19.1. The van der Waals surface area contributed by atoms with Gasteiger partial charge in [-0.3, -0.25) is 19.2 Å². The standard InChI is InChI=1S/C34H39FN6O8.C4H11N/c1-3-36-31(46)34(10-5-11-34)32(47)37-18-28(42)38-22-8-6-21(7-9-22)20-49-33(48)41-14-12-40(13-15-41)27-17-26-23(16-25(27)35)29(43)24(30(44)45)19-39(26)4-2;1-2-3-4-5/h6-9,16-17,19H,3-5,10-15,18,20H2,1-2H3,(H,36,46)(H,37,47)(H,38,42)(H,44,45);2-5H2,1H3. The third-order valence-electron chi connectivity index (χ3n) is 9.58. The highest BCUT2D eigenvalue weighted by Gasteiger charge is 2.50. The number of nitrogens with one attached hydrogen (secondary N) is 3. The maximum absolute atomic E-state index is 15.2. The summed E-state index contributed by atoms with van der Waals surface area (Å²) in [6, 6.07) is 9.27. The number of fused-ring (bicyclic) bond motifs is 1. The summed E-state index contributed by atoms with van der Waals surface area (Å²) in [7, 11) is 0. The van der Waals surface area contributed by atoms with Crippen LogP contribution in [0, 0.1) is 11.2 Å². The number of amides is 4. The number of nitrogens with zero attached hydrogens (tertiary/aromatic N) is 3. The molecule has 2 fully saturated rings. The Morgan fingerprint density at radius 2 is 1.63 bits per heavy atom. The van der Waals surface area contributed by atoms with E-state index in [0.717, 1.165) is 19.0 Å². The molecule has 0 radical (unpaired) electrons. The number of carbonyl (C=O) groups is 5. The maximum atomic E-state index is 15.2. The number of anilines is 2. The number of carboxylic acid groups (broad SMARTS) is 1. The van der Waals surface area contributed by atoms with E-state index in [9.17, 15) is 33.9 Å². The molecule has 16 heteroatoms. The minimum absolute atomic E-state index is 0.0133. The van der Waals surface area contributed by atoms with Crippen LogP contribution in [-0.4, -0.2) is 90.2 Å². The van der Waals surface area contributed by atoms with Crippen molar-refractivity contribution in [2.75, 3.05) is 56.0 Å². The van der Waals surface area contributed by atoms with E-state index in [1.165, 1.54) is 30.0 Å². The summed E-state index contributed by atoms with van der Waals surface area (Å²) >= 11 is 0. The molecule has 0 bridgehead atoms. The Kier molecular flexibility index (Phi) is 14.5. The quantitative estimate of drug-likeness (QED) is 0.161. The SMILES string of the molecule is CCCCN.CCNC(=O)C1(C(=O)NCC(=O)Nc2ccc(COC(=O)N3CCN(c4cc5c(cc4F)c(=O)c(C(=O)O)cn5CC)CC3)cc2)CCC1. The summed E-state index contributed by atoms with van der Waals surface area (Å²) in [6.07, 6.45) is 4.78. The summed E-state index contributed by atoms with van der Waals surface area (Å²) in [6.45, 7) is 8.19. The third-order valence-corrected chi connectivity index (χ3v) is 9.58. The number of aromatic carboxylic acids is 1. The number of benzene rings is 2. The van der Waals surface area contributed by atoms with E-state index < -0.39 is 46.1 Å². The van der Waals surface area contributed by atoms with E-state index in [2.05, 4.69) is 22.9 Å². The maximum Gasteiger partial charge on any atom is 0.410 e. The number of ether oxygens (including phenoxy) is 1. The summed E-state index contributed by atoms with van der Waals surface area (Å²) in [4.78, 5) is 77.7. The van der Waals surface area contributed by atoms with Gasteiger partial charge >= 0.3 is 12.1 Å². The van der Waals surface area contributed by atoms with Gasteiger partial charge in [0.1, 0.15) is 23.4 Å². The molecule has 2 aliphatic rings. The fourth-order valence-corrected chi connectivity index (χ4v) is 6.26. The van der Waals surface area contributed by atoms with Gasteiger partial charge in [0.2, 0.25) is 23.2 Å². The fourth-order valence-electron chi connectivity index (χ4n) is 6.26. The second kappa shape index (κ2) is 19.0. The van der Waals surface area contributed by atoms with Crippen LogP contribution < -0.4 is 32.0 Å². The lowest BCUT2D eigenvalue weighted by Gasteiger charge is -2.38. The van der Waals surface area contributed by atoms with E-state index in [-0.39, 0.29) is 43.2 Å². The molecular weight excluding hydrogens is 701 g/mol. The van der Waals surface area contributed by atoms with Crippen molar-refractivity contribution in [3.05, 3.63) is 69.8 Å². The van der Waals surface area contributed by atoms with E-state index in [1.54, 1.807) is 47.6 Å². The molecule has 0 atom stereocenters. The number of carboxylic acids is 1. The van der Waals surface area contributed by atoms with Crippen LogP contribution in [0.25, 0.3) is 10.9 Å². The zero-order valence-electron chi connectivity index (χ0n) is 31.0. The Morgan fingerprint density at radius 1 is 0.963 bits per heavy atom. The molecule has 1 aromatic heterocycles. The lowest BCUT2D eigenvalue weighted by atomic mass is 9.67. The lowest BCUT2D eigenvalue weighted by molar-refractivity contribution is -0.150. The number of halogens is 1. The molecule has 2 heterocycles. The number of carbonyl (C=O) groups excluding carboxylic acids is 4. The molecule has 1 saturated carbocycles. The molecule has 4 amide bonds. The largest absolute Gasteiger partial charge is 0.477 e. The normalized spacial score (nSPS) is 14.6. The Labute approximate surface area is 313 Å². The second-order valence-electron chi connectivity index (χ2n) is 13.2. The molecule has 6 N–H and O–H groups in total. The van der Waals surface area contributed by atoms with Crippen molar-refractivity contribution in [3.8, 4) is 0 Å². The zero-order chi connectivity index (χ0) is 39.4. The molecule has 0 spiro atoms. The molecule has 54 heavy (non-hydrogen) atoms. The molecule has 1 aliphatic carbocycles. The van der Waals surface area contributed by atoms with E-state index in [0.29, 0.717) is 55.8 Å². The molecule has 1 aliphatic heterocycles. The van der Waals surface area contributed by atoms with Crippen LogP contribution in [0.1, 0.15) is 68.8 Å². The molecule has 1 saturated heterocycles. The number of hydrogen-bond donors (Lipinski definition) is 5. The van der Waals surface area contributed by atoms with Crippen molar-refractivity contribution in [1.29, 1.82) is 0 Å². The first-order valence-electron chi connectivity index (χ1n) is 18.3. The van der Waals surface area contributed by atoms with Crippen LogP contribution in [0.5, 0.6) is 0 Å². The highest BCUT2D eigenvalue weighted by molar-refractivity contribution is 6.07. The zero-order valence-corrected chi connectivity index (χ0v) is 31.0. The van der Waals surface area contributed by atoms with Gasteiger partial charge in [-0.15, -0.1) is 0 Å². The fraction of sp³-hybridized carbons (Fsp3) is 0.474. The van der Waals surface area contributed by atoms with Gasteiger partial charge in [0.15, 0.2) is 0 Å². The van der Waals surface area contributed by atoms with Gasteiger partial charge in [-0.05, 0) is 69.5 Å². The van der Waals surface area contributed by atoms with Crippen LogP contribution in [0.2, 0.25) is 0 Å². The van der Waals surface area contributed by atoms with E-state index >= 15 is 4.39 Å². The topological polar surface area (TPSA) is 205 Å². The first-order valence-corrected chi connectivity index (χ1v) is 18.3. The molecule has 292 valence electrons. The number of hydrogen-bond acceptors (Lipinski definition) is 9. The van der Waals surface area contributed by atoms with Crippen molar-refractivity contribution in [2.45, 2.75) is 66.0 Å². The average molecular weight is 752 g/mol. The average Bonchev–Trinajstić information content (AvgIpc) is 3.14. The number of unbranched alkanes of at least 4 members (excludes halogenated alkanes) is 1. The van der Waals surface area contributed by atoms with Gasteiger partial charge in [0, 0.05) is 56.5 Å². The summed E-state index contributed by atoms with van der Waals surface area (Å²) < 4.78 is 22.3. The van der Waals surface area contributed by atoms with Gasteiger partial charge in [-0.25, -0.2) is 14.0 Å². The van der Waals surface area contributed by atoms with Gasteiger partial charge in [0.25, 0.3) is 0 Å². The van der Waals surface area contributed by atoms with Crippen LogP contribution >= 0.6 is 0 Å². The number of piperazine rings is 1. The molecule has 15 nitrogen and oxygen atoms in total. The van der Waals surface area contributed by atoms with E-state index in [1.807, 2.05) is 0 Å². The minimum Gasteiger partial charge on any atom is -0.477 e. The number of rotatable bonds is 13.